The Bertz CT molecular complexity index is 375. The summed E-state index contributed by atoms with van der Waals surface area (Å²) < 4.78 is 0. The Morgan fingerprint density at radius 2 is 1.92 bits per heavy atom. The van der Waals surface area contributed by atoms with Gasteiger partial charge in [-0.3, -0.25) is 0 Å². The first-order valence-corrected chi connectivity index (χ1v) is 4.09. The monoisotopic (exact) mass is 175 g/mol. The lowest BCUT2D eigenvalue weighted by atomic mass is 10.0. The van der Waals surface area contributed by atoms with E-state index in [4.69, 9.17) is 16.7 Å². The second-order valence-electron chi connectivity index (χ2n) is 3.14. The minimum absolute atomic E-state index is 0.341. The Labute approximate surface area is 78.0 Å². The largest absolute Gasteiger partial charge is 0.398 e. The number of nitrogens with zero attached hydrogens (tertiary/aromatic N) is 1. The fraction of sp³-hybridized carbons (Fsp3) is 0.300. The summed E-state index contributed by atoms with van der Waals surface area (Å²) >= 11 is 0. The van der Waals surface area contributed by atoms with Gasteiger partial charge in [-0.05, 0) is 30.5 Å². The van der Waals surface area contributed by atoms with E-state index < -0.39 is 0 Å². The van der Waals surface area contributed by atoms with E-state index in [0.29, 0.717) is 12.1 Å². The van der Waals surface area contributed by atoms with E-state index in [1.54, 1.807) is 0 Å². The molecule has 13 heavy (non-hydrogen) atoms. The molecule has 0 radical (unpaired) electrons. The molecule has 0 aliphatic heterocycles. The number of aryl methyl sites for hydroxylation is 1. The highest BCUT2D eigenvalue weighted by Crippen LogP contribution is 2.26. The highest BCUT2D eigenvalue weighted by atomic mass is 14.6. The molecule has 0 saturated carbocycles. The molecule has 3 nitrogen and oxygen atoms in total. The van der Waals surface area contributed by atoms with Gasteiger partial charge < -0.3 is 11.5 Å². The van der Waals surface area contributed by atoms with E-state index in [-0.39, 0.29) is 0 Å². The van der Waals surface area contributed by atoms with Crippen LogP contribution in [0.2, 0.25) is 0 Å². The van der Waals surface area contributed by atoms with E-state index in [2.05, 4.69) is 6.07 Å². The minimum atomic E-state index is 0.341. The van der Waals surface area contributed by atoms with Crippen LogP contribution in [0.15, 0.2) is 6.07 Å². The van der Waals surface area contributed by atoms with Crippen LogP contribution in [0.3, 0.4) is 0 Å². The Morgan fingerprint density at radius 3 is 2.46 bits per heavy atom. The molecule has 0 atom stereocenters. The molecule has 0 unspecified atom stereocenters. The summed E-state index contributed by atoms with van der Waals surface area (Å²) in [4.78, 5) is 0. The lowest BCUT2D eigenvalue weighted by molar-refractivity contribution is 1.23. The molecule has 1 aromatic carbocycles. The standard InChI is InChI=1S/C10H13N3/c1-6-5-8(3-4-11)10(13)7(2)9(6)12/h5H,3,12-13H2,1-2H3. The first kappa shape index (κ1) is 9.40. The molecule has 1 aromatic rings. The van der Waals surface area contributed by atoms with Crippen LogP contribution < -0.4 is 11.5 Å². The highest BCUT2D eigenvalue weighted by Gasteiger charge is 2.07. The molecule has 4 N–H and O–H groups in total. The van der Waals surface area contributed by atoms with E-state index in [0.717, 1.165) is 22.4 Å². The van der Waals surface area contributed by atoms with Crippen LogP contribution in [0.5, 0.6) is 0 Å². The molecule has 68 valence electrons. The summed E-state index contributed by atoms with van der Waals surface area (Å²) in [5.41, 5.74) is 15.7. The number of benzene rings is 1. The van der Waals surface area contributed by atoms with Gasteiger partial charge in [0.25, 0.3) is 0 Å². The minimum Gasteiger partial charge on any atom is -0.398 e. The van der Waals surface area contributed by atoms with Crippen LogP contribution in [0.1, 0.15) is 16.7 Å². The van der Waals surface area contributed by atoms with Crippen molar-refractivity contribution in [2.75, 3.05) is 11.5 Å². The van der Waals surface area contributed by atoms with E-state index >= 15 is 0 Å². The van der Waals surface area contributed by atoms with Crippen molar-refractivity contribution in [3.05, 3.63) is 22.8 Å². The van der Waals surface area contributed by atoms with Gasteiger partial charge in [0.05, 0.1) is 12.5 Å². The summed E-state index contributed by atoms with van der Waals surface area (Å²) in [6, 6.07) is 3.95. The predicted octanol–water partition coefficient (Wildman–Crippen LogP) is 1.53. The molecule has 0 saturated heterocycles. The molecular formula is C10H13N3. The number of anilines is 2. The number of hydrogen-bond acceptors (Lipinski definition) is 3. The topological polar surface area (TPSA) is 75.8 Å². The molecule has 0 aromatic heterocycles. The average Bonchev–Trinajstić information content (AvgIpc) is 2.11. The molecule has 0 spiro atoms. The maximum atomic E-state index is 8.56. The Hall–Kier alpha value is -1.69. The smallest absolute Gasteiger partial charge is 0.0670 e. The number of nitrogen functional groups attached to an aromatic ring is 2. The van der Waals surface area contributed by atoms with Crippen LogP contribution in [-0.2, 0) is 6.42 Å². The van der Waals surface area contributed by atoms with Crippen LogP contribution in [0, 0.1) is 25.2 Å². The number of hydrogen-bond donors (Lipinski definition) is 2. The molecule has 0 fully saturated rings. The summed E-state index contributed by atoms with van der Waals surface area (Å²) in [5, 5.41) is 8.56. The zero-order valence-corrected chi connectivity index (χ0v) is 7.89. The van der Waals surface area contributed by atoms with Gasteiger partial charge in [0.15, 0.2) is 0 Å². The molecule has 0 aliphatic rings. The van der Waals surface area contributed by atoms with Gasteiger partial charge in [-0.1, -0.05) is 6.07 Å². The third-order valence-electron chi connectivity index (χ3n) is 2.24. The summed E-state index contributed by atoms with van der Waals surface area (Å²) in [7, 11) is 0. The predicted molar refractivity (Wildman–Crippen MR) is 54.1 cm³/mol. The van der Waals surface area contributed by atoms with Crippen molar-refractivity contribution in [1.82, 2.24) is 0 Å². The summed E-state index contributed by atoms with van der Waals surface area (Å²) in [6.07, 6.45) is 0.341. The zero-order valence-electron chi connectivity index (χ0n) is 7.89. The van der Waals surface area contributed by atoms with E-state index in [1.807, 2.05) is 19.9 Å². The van der Waals surface area contributed by atoms with E-state index in [1.165, 1.54) is 0 Å². The highest BCUT2D eigenvalue weighted by molar-refractivity contribution is 5.68. The van der Waals surface area contributed by atoms with Gasteiger partial charge in [0.1, 0.15) is 0 Å². The third-order valence-corrected chi connectivity index (χ3v) is 2.24. The fourth-order valence-corrected chi connectivity index (χ4v) is 1.33. The van der Waals surface area contributed by atoms with Crippen molar-refractivity contribution in [3.63, 3.8) is 0 Å². The molecule has 1 rings (SSSR count). The van der Waals surface area contributed by atoms with Crippen molar-refractivity contribution in [2.45, 2.75) is 20.3 Å². The third kappa shape index (κ3) is 1.57. The van der Waals surface area contributed by atoms with Crippen molar-refractivity contribution in [2.24, 2.45) is 0 Å². The Morgan fingerprint density at radius 1 is 1.31 bits per heavy atom. The van der Waals surface area contributed by atoms with Crippen LogP contribution >= 0.6 is 0 Å². The number of rotatable bonds is 1. The molecule has 3 heteroatoms. The number of nitriles is 1. The summed E-state index contributed by atoms with van der Waals surface area (Å²) in [5.74, 6) is 0. The lowest BCUT2D eigenvalue weighted by Gasteiger charge is -2.11. The van der Waals surface area contributed by atoms with Crippen molar-refractivity contribution in [1.29, 1.82) is 5.26 Å². The van der Waals surface area contributed by atoms with Gasteiger partial charge in [-0.25, -0.2) is 0 Å². The summed E-state index contributed by atoms with van der Waals surface area (Å²) in [6.45, 7) is 3.79. The molecule has 0 amide bonds. The quantitative estimate of drug-likeness (QED) is 0.635. The number of nitrogens with two attached hydrogens (primary N) is 2. The lowest BCUT2D eigenvalue weighted by Crippen LogP contribution is -2.02. The maximum Gasteiger partial charge on any atom is 0.0670 e. The van der Waals surface area contributed by atoms with Crippen molar-refractivity contribution in [3.8, 4) is 6.07 Å². The Balaban J connectivity index is 3.34. The molecule has 0 heterocycles. The second-order valence-corrected chi connectivity index (χ2v) is 3.14. The van der Waals surface area contributed by atoms with Crippen molar-refractivity contribution < 1.29 is 0 Å². The molecule has 0 bridgehead atoms. The molecule has 0 aliphatic carbocycles. The molecular weight excluding hydrogens is 162 g/mol. The van der Waals surface area contributed by atoms with Crippen molar-refractivity contribution >= 4 is 11.4 Å². The first-order chi connectivity index (χ1) is 6.07. The average molecular weight is 175 g/mol. The van der Waals surface area contributed by atoms with Gasteiger partial charge in [0, 0.05) is 11.4 Å². The second kappa shape index (κ2) is 3.36. The fourth-order valence-electron chi connectivity index (χ4n) is 1.33. The normalized spacial score (nSPS) is 9.62. The first-order valence-electron chi connectivity index (χ1n) is 4.09. The zero-order chi connectivity index (χ0) is 10.0. The van der Waals surface area contributed by atoms with Crippen LogP contribution in [0.4, 0.5) is 11.4 Å². The van der Waals surface area contributed by atoms with Gasteiger partial charge in [-0.2, -0.15) is 5.26 Å². The van der Waals surface area contributed by atoms with Gasteiger partial charge in [-0.15, -0.1) is 0 Å². The SMILES string of the molecule is Cc1cc(CC#N)c(N)c(C)c1N. The van der Waals surface area contributed by atoms with Crippen LogP contribution in [-0.4, -0.2) is 0 Å². The van der Waals surface area contributed by atoms with Gasteiger partial charge >= 0.3 is 0 Å². The maximum absolute atomic E-state index is 8.56. The van der Waals surface area contributed by atoms with Crippen LogP contribution in [0.25, 0.3) is 0 Å². The Kier molecular flexibility index (Phi) is 2.43. The van der Waals surface area contributed by atoms with Gasteiger partial charge in [0.2, 0.25) is 0 Å². The van der Waals surface area contributed by atoms with E-state index in [9.17, 15) is 0 Å².